The normalized spacial score (nSPS) is 11.4. The van der Waals surface area contributed by atoms with Crippen molar-refractivity contribution in [1.82, 2.24) is 0 Å². The van der Waals surface area contributed by atoms with Gasteiger partial charge in [-0.05, 0) is 17.7 Å². The summed E-state index contributed by atoms with van der Waals surface area (Å²) in [5, 5.41) is 1.01. The maximum Gasteiger partial charge on any atom is 0.371 e. The summed E-state index contributed by atoms with van der Waals surface area (Å²) < 4.78 is 11.1. The highest BCUT2D eigenvalue weighted by Crippen LogP contribution is 2.20. The van der Waals surface area contributed by atoms with Gasteiger partial charge in [-0.3, -0.25) is 0 Å². The van der Waals surface area contributed by atoms with Crippen LogP contribution in [0.25, 0.3) is 0 Å². The zero-order valence-corrected chi connectivity index (χ0v) is 10.6. The van der Waals surface area contributed by atoms with E-state index in [0.717, 1.165) is 11.2 Å². The highest BCUT2D eigenvalue weighted by molar-refractivity contribution is 6.74. The molecule has 0 aliphatic rings. The van der Waals surface area contributed by atoms with Gasteiger partial charge in [0.05, 0.1) is 0 Å². The molecule has 0 saturated carbocycles. The lowest BCUT2D eigenvalue weighted by Gasteiger charge is -2.27. The maximum absolute atomic E-state index is 5.57. The molecule has 82 valence electrons. The summed E-state index contributed by atoms with van der Waals surface area (Å²) >= 11 is 0. The first-order chi connectivity index (χ1) is 7.14. The van der Waals surface area contributed by atoms with Crippen LogP contribution in [0.15, 0.2) is 42.1 Å². The summed E-state index contributed by atoms with van der Waals surface area (Å²) in [4.78, 5) is 0. The molecule has 0 unspecified atom stereocenters. The predicted molar refractivity (Wildman–Crippen MR) is 64.7 cm³/mol. The third kappa shape index (κ3) is 2.78. The van der Waals surface area contributed by atoms with E-state index in [2.05, 4.69) is 18.7 Å². The van der Waals surface area contributed by atoms with Crippen LogP contribution < -0.4 is 0 Å². The van der Waals surface area contributed by atoms with E-state index in [4.69, 9.17) is 8.85 Å². The minimum absolute atomic E-state index is 0.816. The van der Waals surface area contributed by atoms with Crippen LogP contribution in [0.3, 0.4) is 0 Å². The Labute approximate surface area is 92.8 Å². The maximum atomic E-state index is 5.57. The molecule has 15 heavy (non-hydrogen) atoms. The number of hydrogen-bond acceptors (Lipinski definition) is 2. The molecule has 0 spiro atoms. The largest absolute Gasteiger partial charge is 0.394 e. The molecule has 0 heterocycles. The van der Waals surface area contributed by atoms with Crippen LogP contribution in [0.5, 0.6) is 0 Å². The quantitative estimate of drug-likeness (QED) is 0.713. The second-order valence-electron chi connectivity index (χ2n) is 3.60. The van der Waals surface area contributed by atoms with Crippen LogP contribution in [0.1, 0.15) is 12.5 Å². The number of hydrogen-bond donors (Lipinski definition) is 0. The molecule has 0 N–H and O–H groups in total. The smallest absolute Gasteiger partial charge is 0.371 e. The molecule has 2 nitrogen and oxygen atoms in total. The Bertz CT molecular complexity index is 318. The van der Waals surface area contributed by atoms with E-state index in [1.54, 1.807) is 14.2 Å². The van der Waals surface area contributed by atoms with Gasteiger partial charge in [-0.1, -0.05) is 36.9 Å². The summed E-state index contributed by atoms with van der Waals surface area (Å²) in [5.74, 6) is 0. The van der Waals surface area contributed by atoms with Crippen LogP contribution >= 0.6 is 0 Å². The first-order valence-corrected chi connectivity index (χ1v) is 6.97. The SMILES string of the molecule is C=C(C)[Si](Cc1ccccc1)(OC)OC. The van der Waals surface area contributed by atoms with Crippen molar-refractivity contribution in [3.63, 3.8) is 0 Å². The number of allylic oxidation sites excluding steroid dienone is 1. The molecule has 0 fully saturated rings. The van der Waals surface area contributed by atoms with Crippen LogP contribution in [0.2, 0.25) is 0 Å². The van der Waals surface area contributed by atoms with E-state index in [-0.39, 0.29) is 0 Å². The van der Waals surface area contributed by atoms with Crippen molar-refractivity contribution in [3.8, 4) is 0 Å². The summed E-state index contributed by atoms with van der Waals surface area (Å²) in [6, 6.07) is 11.0. The van der Waals surface area contributed by atoms with Gasteiger partial charge in [-0.25, -0.2) is 0 Å². The fraction of sp³-hybridized carbons (Fsp3) is 0.333. The Balaban J connectivity index is 2.89. The second kappa shape index (κ2) is 5.26. The lowest BCUT2D eigenvalue weighted by atomic mass is 10.2. The summed E-state index contributed by atoms with van der Waals surface area (Å²) in [6.45, 7) is 5.95. The van der Waals surface area contributed by atoms with Crippen LogP contribution in [-0.2, 0) is 14.9 Å². The van der Waals surface area contributed by atoms with Gasteiger partial charge in [0.2, 0.25) is 0 Å². The second-order valence-corrected chi connectivity index (χ2v) is 7.13. The Hall–Kier alpha value is -0.903. The Morgan fingerprint density at radius 1 is 1.20 bits per heavy atom. The third-order valence-corrected chi connectivity index (χ3v) is 6.08. The van der Waals surface area contributed by atoms with Crippen molar-refractivity contribution in [2.45, 2.75) is 13.0 Å². The predicted octanol–water partition coefficient (Wildman–Crippen LogP) is 2.62. The van der Waals surface area contributed by atoms with Crippen molar-refractivity contribution in [2.75, 3.05) is 14.2 Å². The molecule has 0 saturated heterocycles. The molecular formula is C12H18O2Si. The van der Waals surface area contributed by atoms with Crippen molar-refractivity contribution in [2.24, 2.45) is 0 Å². The van der Waals surface area contributed by atoms with Crippen molar-refractivity contribution >= 4 is 8.56 Å². The van der Waals surface area contributed by atoms with Crippen molar-refractivity contribution < 1.29 is 8.85 Å². The van der Waals surface area contributed by atoms with E-state index in [0.29, 0.717) is 0 Å². The highest BCUT2D eigenvalue weighted by atomic mass is 28.4. The van der Waals surface area contributed by atoms with Gasteiger partial charge in [0, 0.05) is 20.3 Å². The molecular weight excluding hydrogens is 204 g/mol. The molecule has 0 amide bonds. The summed E-state index contributed by atoms with van der Waals surface area (Å²) in [5.41, 5.74) is 1.23. The molecule has 0 radical (unpaired) electrons. The molecule has 1 rings (SSSR count). The molecule has 0 bridgehead atoms. The average molecular weight is 222 g/mol. The van der Waals surface area contributed by atoms with Crippen LogP contribution in [0.4, 0.5) is 0 Å². The molecule has 1 aromatic rings. The van der Waals surface area contributed by atoms with Gasteiger partial charge in [0.15, 0.2) is 0 Å². The fourth-order valence-electron chi connectivity index (χ4n) is 1.59. The van der Waals surface area contributed by atoms with E-state index >= 15 is 0 Å². The first kappa shape index (κ1) is 12.2. The fourth-order valence-corrected chi connectivity index (χ4v) is 3.82. The van der Waals surface area contributed by atoms with Gasteiger partial charge in [0.25, 0.3) is 0 Å². The Morgan fingerprint density at radius 2 is 1.73 bits per heavy atom. The highest BCUT2D eigenvalue weighted by Gasteiger charge is 2.36. The standard InChI is InChI=1S/C12H18O2Si/c1-11(2)15(13-3,14-4)10-12-8-6-5-7-9-12/h5-9H,1,10H2,2-4H3. The first-order valence-electron chi connectivity index (χ1n) is 4.95. The van der Waals surface area contributed by atoms with Crippen molar-refractivity contribution in [3.05, 3.63) is 47.7 Å². The monoisotopic (exact) mass is 222 g/mol. The van der Waals surface area contributed by atoms with Crippen LogP contribution in [0, 0.1) is 0 Å². The zero-order chi connectivity index (χ0) is 11.3. The molecule has 0 atom stereocenters. The van der Waals surface area contributed by atoms with Gasteiger partial charge in [-0.2, -0.15) is 0 Å². The van der Waals surface area contributed by atoms with E-state index in [1.807, 2.05) is 25.1 Å². The van der Waals surface area contributed by atoms with E-state index in [1.165, 1.54) is 5.56 Å². The minimum atomic E-state index is -2.26. The lowest BCUT2D eigenvalue weighted by Crippen LogP contribution is -2.44. The van der Waals surface area contributed by atoms with Gasteiger partial charge in [-0.15, -0.1) is 0 Å². The molecule has 0 aliphatic carbocycles. The van der Waals surface area contributed by atoms with Crippen LogP contribution in [-0.4, -0.2) is 22.8 Å². The topological polar surface area (TPSA) is 18.5 Å². The van der Waals surface area contributed by atoms with Crippen molar-refractivity contribution in [1.29, 1.82) is 0 Å². The molecule has 0 aliphatic heterocycles. The molecule has 3 heteroatoms. The van der Waals surface area contributed by atoms with Gasteiger partial charge in [0.1, 0.15) is 0 Å². The average Bonchev–Trinajstić information content (AvgIpc) is 2.27. The lowest BCUT2D eigenvalue weighted by molar-refractivity contribution is 0.251. The Kier molecular flexibility index (Phi) is 4.26. The number of benzene rings is 1. The minimum Gasteiger partial charge on any atom is -0.394 e. The Morgan fingerprint density at radius 3 is 2.13 bits per heavy atom. The summed E-state index contributed by atoms with van der Waals surface area (Å²) in [6.07, 6.45) is 0. The molecule has 1 aromatic carbocycles. The van der Waals surface area contributed by atoms with E-state index < -0.39 is 8.56 Å². The van der Waals surface area contributed by atoms with E-state index in [9.17, 15) is 0 Å². The third-order valence-electron chi connectivity index (χ3n) is 2.59. The number of rotatable bonds is 5. The summed E-state index contributed by atoms with van der Waals surface area (Å²) in [7, 11) is 1.15. The zero-order valence-electron chi connectivity index (χ0n) is 9.62. The van der Waals surface area contributed by atoms with Gasteiger partial charge < -0.3 is 8.85 Å². The molecule has 0 aromatic heterocycles. The van der Waals surface area contributed by atoms with Gasteiger partial charge >= 0.3 is 8.56 Å².